The number of hydrogen-bond donors (Lipinski definition) is 1. The van der Waals surface area contributed by atoms with E-state index in [-0.39, 0.29) is 12.2 Å². The van der Waals surface area contributed by atoms with Gasteiger partial charge in [-0.25, -0.2) is 14.0 Å². The van der Waals surface area contributed by atoms with Crippen LogP contribution in [0.15, 0.2) is 70.8 Å². The van der Waals surface area contributed by atoms with E-state index in [1.54, 1.807) is 36.4 Å². The summed E-state index contributed by atoms with van der Waals surface area (Å²) in [5.74, 6) is -0.426. The Balaban J connectivity index is 1.50. The van der Waals surface area contributed by atoms with Gasteiger partial charge in [-0.2, -0.15) is 0 Å². The smallest absolute Gasteiger partial charge is 0.337 e. The molecule has 1 fully saturated rings. The molecular formula is C23H17FN2O5. The summed E-state index contributed by atoms with van der Waals surface area (Å²) in [5, 5.41) is 2.52. The van der Waals surface area contributed by atoms with Crippen LogP contribution < -0.4 is 5.32 Å². The average molecular weight is 420 g/mol. The predicted octanol–water partition coefficient (Wildman–Crippen LogP) is 3.97. The molecule has 0 saturated carbocycles. The second kappa shape index (κ2) is 8.27. The molecule has 0 atom stereocenters. The topological polar surface area (TPSA) is 88.9 Å². The molecule has 156 valence electrons. The molecule has 1 aliphatic rings. The first-order valence-electron chi connectivity index (χ1n) is 9.32. The Hall–Kier alpha value is -4.20. The number of nitrogens with zero attached hydrogens (tertiary/aromatic N) is 1. The molecule has 31 heavy (non-hydrogen) atoms. The molecule has 4 rings (SSSR count). The summed E-state index contributed by atoms with van der Waals surface area (Å²) in [7, 11) is 1.31. The van der Waals surface area contributed by atoms with Crippen molar-refractivity contribution in [3.63, 3.8) is 0 Å². The van der Waals surface area contributed by atoms with Gasteiger partial charge in [-0.3, -0.25) is 9.69 Å². The zero-order chi connectivity index (χ0) is 22.0. The summed E-state index contributed by atoms with van der Waals surface area (Å²) in [6, 6.07) is 15.1. The van der Waals surface area contributed by atoms with Crippen molar-refractivity contribution in [3.05, 3.63) is 89.1 Å². The standard InChI is InChI=1S/C23H17FN2O5/c1-30-22(28)16-6-4-15(5-7-16)20-11-10-18(31-20)12-19-21(27)26(23(29)25-19)13-14-2-8-17(24)9-3-14/h2-12H,13H2,1H3,(H,25,29)/b19-12+. The number of carbonyl (C=O) groups excluding carboxylic acids is 3. The fourth-order valence-electron chi connectivity index (χ4n) is 3.10. The van der Waals surface area contributed by atoms with Crippen LogP contribution in [0.4, 0.5) is 9.18 Å². The third-order valence-electron chi connectivity index (χ3n) is 4.72. The molecule has 0 unspecified atom stereocenters. The Morgan fingerprint density at radius 2 is 1.77 bits per heavy atom. The van der Waals surface area contributed by atoms with Crippen LogP contribution in [-0.4, -0.2) is 29.9 Å². The Labute approximate surface area is 176 Å². The number of hydrogen-bond acceptors (Lipinski definition) is 5. The number of halogens is 1. The summed E-state index contributed by atoms with van der Waals surface area (Å²) in [4.78, 5) is 37.4. The fraction of sp³-hybridized carbons (Fsp3) is 0.0870. The van der Waals surface area contributed by atoms with Gasteiger partial charge >= 0.3 is 12.0 Å². The molecule has 1 aromatic heterocycles. The first-order valence-corrected chi connectivity index (χ1v) is 9.32. The first kappa shape index (κ1) is 20.1. The van der Waals surface area contributed by atoms with Gasteiger partial charge in [-0.1, -0.05) is 24.3 Å². The highest BCUT2D eigenvalue weighted by molar-refractivity contribution is 6.13. The van der Waals surface area contributed by atoms with Crippen molar-refractivity contribution in [2.75, 3.05) is 7.11 Å². The number of rotatable bonds is 5. The number of urea groups is 1. The van der Waals surface area contributed by atoms with Crippen LogP contribution >= 0.6 is 0 Å². The van der Waals surface area contributed by atoms with Gasteiger partial charge < -0.3 is 14.5 Å². The van der Waals surface area contributed by atoms with Gasteiger partial charge in [0.15, 0.2) is 0 Å². The molecule has 3 amide bonds. The van der Waals surface area contributed by atoms with Crippen LogP contribution in [-0.2, 0) is 16.1 Å². The molecule has 7 nitrogen and oxygen atoms in total. The lowest BCUT2D eigenvalue weighted by Crippen LogP contribution is -2.30. The van der Waals surface area contributed by atoms with E-state index in [9.17, 15) is 18.8 Å². The van der Waals surface area contributed by atoms with Gasteiger partial charge in [-0.15, -0.1) is 0 Å². The highest BCUT2D eigenvalue weighted by Gasteiger charge is 2.33. The van der Waals surface area contributed by atoms with Crippen LogP contribution in [0, 0.1) is 5.82 Å². The number of esters is 1. The van der Waals surface area contributed by atoms with E-state index in [1.807, 2.05) is 0 Å². The number of ether oxygens (including phenoxy) is 1. The lowest BCUT2D eigenvalue weighted by molar-refractivity contribution is -0.123. The second-order valence-electron chi connectivity index (χ2n) is 6.78. The van der Waals surface area contributed by atoms with Crippen LogP contribution in [0.5, 0.6) is 0 Å². The van der Waals surface area contributed by atoms with Crippen molar-refractivity contribution in [2.24, 2.45) is 0 Å². The fourth-order valence-corrected chi connectivity index (χ4v) is 3.10. The highest BCUT2D eigenvalue weighted by atomic mass is 19.1. The van der Waals surface area contributed by atoms with Crippen LogP contribution in [0.3, 0.4) is 0 Å². The normalized spacial score (nSPS) is 14.8. The largest absolute Gasteiger partial charge is 0.465 e. The molecular weight excluding hydrogens is 403 g/mol. The van der Waals surface area contributed by atoms with Crippen molar-refractivity contribution in [1.29, 1.82) is 0 Å². The van der Waals surface area contributed by atoms with Crippen molar-refractivity contribution in [3.8, 4) is 11.3 Å². The molecule has 1 N–H and O–H groups in total. The van der Waals surface area contributed by atoms with Gasteiger partial charge in [-0.05, 0) is 42.0 Å². The molecule has 0 spiro atoms. The number of methoxy groups -OCH3 is 1. The number of amides is 3. The molecule has 3 aromatic rings. The Bertz CT molecular complexity index is 1180. The van der Waals surface area contributed by atoms with E-state index in [0.29, 0.717) is 22.6 Å². The summed E-state index contributed by atoms with van der Waals surface area (Å²) in [5.41, 5.74) is 1.86. The molecule has 0 bridgehead atoms. The van der Waals surface area contributed by atoms with Crippen molar-refractivity contribution >= 4 is 24.0 Å². The first-order chi connectivity index (χ1) is 14.9. The zero-order valence-corrected chi connectivity index (χ0v) is 16.4. The van der Waals surface area contributed by atoms with Gasteiger partial charge in [0.05, 0.1) is 19.2 Å². The maximum absolute atomic E-state index is 13.1. The van der Waals surface area contributed by atoms with E-state index in [1.165, 1.54) is 37.5 Å². The lowest BCUT2D eigenvalue weighted by atomic mass is 10.1. The Morgan fingerprint density at radius 1 is 1.06 bits per heavy atom. The summed E-state index contributed by atoms with van der Waals surface area (Å²) < 4.78 is 23.5. The van der Waals surface area contributed by atoms with Gasteiger partial charge in [0.25, 0.3) is 5.91 Å². The monoisotopic (exact) mass is 420 g/mol. The quantitative estimate of drug-likeness (QED) is 0.383. The third kappa shape index (κ3) is 4.23. The van der Waals surface area contributed by atoms with Crippen LogP contribution in [0.1, 0.15) is 21.7 Å². The second-order valence-corrected chi connectivity index (χ2v) is 6.78. The number of furan rings is 1. The highest BCUT2D eigenvalue weighted by Crippen LogP contribution is 2.25. The van der Waals surface area contributed by atoms with E-state index in [4.69, 9.17) is 4.42 Å². The molecule has 0 radical (unpaired) electrons. The molecule has 8 heteroatoms. The van der Waals surface area contributed by atoms with E-state index >= 15 is 0 Å². The predicted molar refractivity (Wildman–Crippen MR) is 109 cm³/mol. The van der Waals surface area contributed by atoms with Gasteiger partial charge in [0, 0.05) is 11.6 Å². The van der Waals surface area contributed by atoms with Crippen molar-refractivity contribution in [1.82, 2.24) is 10.2 Å². The van der Waals surface area contributed by atoms with E-state index in [2.05, 4.69) is 10.1 Å². The number of imide groups is 1. The summed E-state index contributed by atoms with van der Waals surface area (Å²) >= 11 is 0. The maximum Gasteiger partial charge on any atom is 0.337 e. The number of nitrogens with one attached hydrogen (secondary N) is 1. The number of benzene rings is 2. The van der Waals surface area contributed by atoms with E-state index in [0.717, 1.165) is 10.5 Å². The van der Waals surface area contributed by atoms with Crippen LogP contribution in [0.25, 0.3) is 17.4 Å². The minimum Gasteiger partial charge on any atom is -0.465 e. The van der Waals surface area contributed by atoms with Crippen LogP contribution in [0.2, 0.25) is 0 Å². The van der Waals surface area contributed by atoms with E-state index < -0.39 is 23.7 Å². The van der Waals surface area contributed by atoms with Crippen molar-refractivity contribution < 1.29 is 27.9 Å². The zero-order valence-electron chi connectivity index (χ0n) is 16.4. The molecule has 0 aliphatic carbocycles. The SMILES string of the molecule is COC(=O)c1ccc(-c2ccc(/C=C3/NC(=O)N(Cc4ccc(F)cc4)C3=O)o2)cc1. The molecule has 1 aliphatic heterocycles. The Morgan fingerprint density at radius 3 is 2.45 bits per heavy atom. The maximum atomic E-state index is 13.1. The molecule has 1 saturated heterocycles. The van der Waals surface area contributed by atoms with Gasteiger partial charge in [0.1, 0.15) is 23.0 Å². The minimum absolute atomic E-state index is 0.0260. The molecule has 2 heterocycles. The summed E-state index contributed by atoms with van der Waals surface area (Å²) in [6.45, 7) is 0.0260. The summed E-state index contributed by atoms with van der Waals surface area (Å²) in [6.07, 6.45) is 1.44. The third-order valence-corrected chi connectivity index (χ3v) is 4.72. The minimum atomic E-state index is -0.564. The average Bonchev–Trinajstić information content (AvgIpc) is 3.35. The van der Waals surface area contributed by atoms with Crippen molar-refractivity contribution in [2.45, 2.75) is 6.54 Å². The Kier molecular flexibility index (Phi) is 5.36. The molecule has 2 aromatic carbocycles. The van der Waals surface area contributed by atoms with Gasteiger partial charge in [0.2, 0.25) is 0 Å². The lowest BCUT2D eigenvalue weighted by Gasteiger charge is -2.11. The number of carbonyl (C=O) groups is 3.